The van der Waals surface area contributed by atoms with Crippen LogP contribution in [0, 0.1) is 10.2 Å². The summed E-state index contributed by atoms with van der Waals surface area (Å²) in [7, 11) is -3.32. The molecule has 0 atom stereocenters. The van der Waals surface area contributed by atoms with Gasteiger partial charge in [0.1, 0.15) is 22.6 Å². The summed E-state index contributed by atoms with van der Waals surface area (Å²) in [4.78, 5) is 0. The van der Waals surface area contributed by atoms with Gasteiger partial charge in [0.05, 0.1) is 31.4 Å². The Morgan fingerprint density at radius 1 is 1.00 bits per heavy atom. The van der Waals surface area contributed by atoms with Crippen LogP contribution in [0.25, 0.3) is 22.3 Å². The number of ether oxygens (including phenoxy) is 2. The van der Waals surface area contributed by atoms with Crippen molar-refractivity contribution in [3.05, 3.63) is 48.5 Å². The molecular formula is C18H17ClO8. The Bertz CT molecular complexity index is 884. The Kier molecular flexibility index (Phi) is 6.78. The van der Waals surface area contributed by atoms with Crippen molar-refractivity contribution >= 4 is 11.0 Å². The van der Waals surface area contributed by atoms with E-state index in [1.807, 2.05) is 31.2 Å². The number of phenols is 1. The number of rotatable bonds is 4. The van der Waals surface area contributed by atoms with Crippen molar-refractivity contribution in [2.45, 2.75) is 6.92 Å². The number of aromatic hydroxyl groups is 1. The van der Waals surface area contributed by atoms with E-state index in [0.29, 0.717) is 18.0 Å². The molecule has 0 amide bonds. The van der Waals surface area contributed by atoms with Crippen molar-refractivity contribution in [1.29, 1.82) is 0 Å². The van der Waals surface area contributed by atoms with Gasteiger partial charge >= 0.3 is 11.3 Å². The smallest absolute Gasteiger partial charge is 0.368 e. The van der Waals surface area contributed by atoms with E-state index in [1.54, 1.807) is 31.4 Å². The van der Waals surface area contributed by atoms with Gasteiger partial charge in [-0.3, -0.25) is 0 Å². The second-order valence-electron chi connectivity index (χ2n) is 5.19. The highest BCUT2D eigenvalue weighted by atomic mass is 35.7. The van der Waals surface area contributed by atoms with E-state index in [-0.39, 0.29) is 5.75 Å². The molecule has 0 aliphatic rings. The van der Waals surface area contributed by atoms with Gasteiger partial charge in [-0.05, 0) is 43.3 Å². The summed E-state index contributed by atoms with van der Waals surface area (Å²) in [6, 6.07) is 14.4. The highest BCUT2D eigenvalue weighted by Crippen LogP contribution is 2.35. The van der Waals surface area contributed by atoms with Gasteiger partial charge < -0.3 is 14.6 Å². The maximum absolute atomic E-state index is 9.41. The van der Waals surface area contributed by atoms with Gasteiger partial charge in [0.15, 0.2) is 0 Å². The molecule has 27 heavy (non-hydrogen) atoms. The van der Waals surface area contributed by atoms with Crippen LogP contribution < -0.4 is 28.1 Å². The molecule has 0 fully saturated rings. The summed E-state index contributed by atoms with van der Waals surface area (Å²) < 4.78 is 50.9. The average molecular weight is 397 g/mol. The molecule has 0 bridgehead atoms. The van der Waals surface area contributed by atoms with Crippen LogP contribution in [0.2, 0.25) is 0 Å². The summed E-state index contributed by atoms with van der Waals surface area (Å²) in [5.74, 6) is 2.37. The second kappa shape index (κ2) is 8.85. The monoisotopic (exact) mass is 396 g/mol. The lowest BCUT2D eigenvalue weighted by molar-refractivity contribution is -2.00. The fourth-order valence-corrected chi connectivity index (χ4v) is 2.31. The number of phenolic OH excluding ortho intramolecular Hbond substituents is 1. The minimum absolute atomic E-state index is 0.219. The van der Waals surface area contributed by atoms with Gasteiger partial charge in [0, 0.05) is 0 Å². The quantitative estimate of drug-likeness (QED) is 0.594. The molecule has 0 unspecified atom stereocenters. The molecule has 1 aromatic heterocycles. The molecule has 0 aliphatic heterocycles. The lowest BCUT2D eigenvalue weighted by Gasteiger charge is -2.17. The summed E-state index contributed by atoms with van der Waals surface area (Å²) >= 11 is 0. The predicted molar refractivity (Wildman–Crippen MR) is 85.4 cm³/mol. The second-order valence-corrected chi connectivity index (χ2v) is 5.95. The molecular weight excluding hydrogens is 380 g/mol. The van der Waals surface area contributed by atoms with E-state index in [9.17, 15) is 5.11 Å². The van der Waals surface area contributed by atoms with Gasteiger partial charge in [0.2, 0.25) is 0 Å². The third-order valence-electron chi connectivity index (χ3n) is 3.39. The molecule has 1 heterocycles. The molecule has 3 rings (SSSR count). The fraction of sp³-hybridized carbons (Fsp3) is 0.167. The first-order chi connectivity index (χ1) is 12.7. The standard InChI is InChI=1S/C18H16O4.ClHO4/c1-3-21-17-11-16(12-4-6-13(19)7-5-12)22-18-10-14(20-2)8-9-15(17)18;2-1(3,4)5/h4-11H,3H2,1-2H3;(H,2,3,4,5). The molecule has 0 saturated carbocycles. The van der Waals surface area contributed by atoms with Crippen molar-refractivity contribution in [1.82, 2.24) is 0 Å². The van der Waals surface area contributed by atoms with E-state index < -0.39 is 10.2 Å². The Labute approximate surface area is 157 Å². The highest BCUT2D eigenvalue weighted by molar-refractivity contribution is 5.86. The Morgan fingerprint density at radius 2 is 1.63 bits per heavy atom. The zero-order valence-electron chi connectivity index (χ0n) is 14.5. The summed E-state index contributed by atoms with van der Waals surface area (Å²) in [6.07, 6.45) is 0. The van der Waals surface area contributed by atoms with Crippen molar-refractivity contribution in [3.8, 4) is 28.6 Å². The maximum atomic E-state index is 9.41. The molecule has 144 valence electrons. The zero-order valence-corrected chi connectivity index (χ0v) is 15.3. The summed E-state index contributed by atoms with van der Waals surface area (Å²) in [5, 5.41) is 10.3. The van der Waals surface area contributed by atoms with Crippen molar-refractivity contribution < 1.29 is 47.9 Å². The van der Waals surface area contributed by atoms with Crippen molar-refractivity contribution in [3.63, 3.8) is 0 Å². The van der Waals surface area contributed by atoms with E-state index in [2.05, 4.69) is 0 Å². The first-order valence-electron chi connectivity index (χ1n) is 7.70. The van der Waals surface area contributed by atoms with E-state index >= 15 is 0 Å². The lowest BCUT2D eigenvalue weighted by Crippen LogP contribution is -2.68. The van der Waals surface area contributed by atoms with Crippen LogP contribution in [0.5, 0.6) is 17.2 Å². The van der Waals surface area contributed by atoms with Crippen LogP contribution >= 0.6 is 0 Å². The molecule has 1 N–H and O–H groups in total. The highest BCUT2D eigenvalue weighted by Gasteiger charge is 2.20. The Balaban J connectivity index is 0.000000465. The van der Waals surface area contributed by atoms with Gasteiger partial charge in [-0.1, -0.05) is 0 Å². The number of hydrogen-bond acceptors (Lipinski definition) is 7. The molecule has 0 radical (unpaired) electrons. The first kappa shape index (κ1) is 20.7. The topological polar surface area (TPSA) is 142 Å². The van der Waals surface area contributed by atoms with Gasteiger partial charge in [0.25, 0.3) is 0 Å². The number of fused-ring (bicyclic) bond motifs is 1. The zero-order chi connectivity index (χ0) is 20.0. The Morgan fingerprint density at radius 3 is 2.19 bits per heavy atom. The number of hydrogen-bond donors (Lipinski definition) is 1. The van der Waals surface area contributed by atoms with Gasteiger partial charge in [-0.15, -0.1) is 10.2 Å². The van der Waals surface area contributed by atoms with E-state index in [0.717, 1.165) is 22.4 Å². The van der Waals surface area contributed by atoms with Crippen LogP contribution in [-0.4, -0.2) is 18.8 Å². The van der Waals surface area contributed by atoms with E-state index in [1.165, 1.54) is 0 Å². The maximum Gasteiger partial charge on any atom is 0.368 e. The van der Waals surface area contributed by atoms with Gasteiger partial charge in [-0.25, -0.2) is 23.1 Å². The van der Waals surface area contributed by atoms with Crippen molar-refractivity contribution in [2.24, 2.45) is 0 Å². The predicted octanol–water partition coefficient (Wildman–Crippen LogP) is -0.262. The normalized spacial score (nSPS) is 10.9. The third-order valence-corrected chi connectivity index (χ3v) is 3.39. The minimum atomic E-state index is -4.94. The number of halogens is 1. The average Bonchev–Trinajstić information content (AvgIpc) is 2.60. The van der Waals surface area contributed by atoms with E-state index in [4.69, 9.17) is 32.5 Å². The SMILES string of the molecule is CCOc1cc(-c2ccc(O)cc2)[o+]c2cc(OC)ccc12.[O-][Cl+3]([O-])([O-])[O-]. The van der Waals surface area contributed by atoms with Crippen LogP contribution in [0.1, 0.15) is 6.92 Å². The fourth-order valence-electron chi connectivity index (χ4n) is 2.31. The molecule has 8 nitrogen and oxygen atoms in total. The number of benzene rings is 2. The summed E-state index contributed by atoms with van der Waals surface area (Å²) in [6.45, 7) is 2.51. The molecule has 0 saturated heterocycles. The molecule has 0 aliphatic carbocycles. The molecule has 9 heteroatoms. The third kappa shape index (κ3) is 6.24. The molecule has 3 aromatic rings. The lowest BCUT2D eigenvalue weighted by atomic mass is 10.1. The molecule has 0 spiro atoms. The van der Waals surface area contributed by atoms with Crippen molar-refractivity contribution in [2.75, 3.05) is 13.7 Å². The Hall–Kier alpha value is -2.62. The van der Waals surface area contributed by atoms with Gasteiger partial charge in [-0.2, -0.15) is 0 Å². The van der Waals surface area contributed by atoms with Crippen LogP contribution in [-0.2, 0) is 0 Å². The molecule has 2 aromatic carbocycles. The first-order valence-corrected chi connectivity index (χ1v) is 8.93. The summed E-state index contributed by atoms with van der Waals surface area (Å²) in [5.41, 5.74) is 1.55. The minimum Gasteiger partial charge on any atom is -0.508 e. The number of methoxy groups -OCH3 is 1. The van der Waals surface area contributed by atoms with Crippen LogP contribution in [0.4, 0.5) is 0 Å². The largest absolute Gasteiger partial charge is 0.508 e. The van der Waals surface area contributed by atoms with Crippen LogP contribution in [0.15, 0.2) is 52.9 Å². The van der Waals surface area contributed by atoms with Crippen LogP contribution in [0.3, 0.4) is 0 Å².